The van der Waals surface area contributed by atoms with Gasteiger partial charge in [0.1, 0.15) is 0 Å². The van der Waals surface area contributed by atoms with E-state index >= 15 is 0 Å². The molecule has 0 aromatic rings. The summed E-state index contributed by atoms with van der Waals surface area (Å²) in [5.41, 5.74) is 0. The van der Waals surface area contributed by atoms with Gasteiger partial charge in [-0.05, 0) is 0 Å². The third kappa shape index (κ3) is 79.1. The Balaban J connectivity index is -0.00000000300. The Kier molecular flexibility index (Phi) is 51.9. The maximum atomic E-state index is 8.74. The van der Waals surface area contributed by atoms with E-state index in [0.717, 1.165) is 0 Å². The first-order valence-corrected chi connectivity index (χ1v) is 1.95. The van der Waals surface area contributed by atoms with Crippen molar-refractivity contribution in [3.05, 3.63) is 0 Å². The second-order valence-electron chi connectivity index (χ2n) is 0.283. The Morgan fingerprint density at radius 2 is 1.43 bits per heavy atom. The van der Waals surface area contributed by atoms with Crippen molar-refractivity contribution in [2.45, 2.75) is 0 Å². The van der Waals surface area contributed by atoms with Crippen LogP contribution < -0.4 is 29.6 Å². The van der Waals surface area contributed by atoms with Crippen LogP contribution in [-0.4, -0.2) is 62.0 Å². The number of hydrogen-bond acceptors (Lipinski definition) is 1. The fraction of sp³-hybridized carbons (Fsp3) is 0. The minimum Gasteiger partial charge on any atom is -1.00 e. The van der Waals surface area contributed by atoms with Gasteiger partial charge in [0.25, 0.3) is 0 Å². The third-order valence-electron chi connectivity index (χ3n) is 0. The Morgan fingerprint density at radius 1 is 1.43 bits per heavy atom. The van der Waals surface area contributed by atoms with E-state index in [0.29, 0.717) is 0 Å². The zero-order valence-corrected chi connectivity index (χ0v) is 9.22. The summed E-state index contributed by atoms with van der Waals surface area (Å²) < 4.78 is 8.74. The van der Waals surface area contributed by atoms with Crippen LogP contribution in [0, 0.1) is 0 Å². The standard InChI is InChI=1S/Ca.Na.H2O3Si.H2O.3H/c;;1-4(2)3;;;;/h;;1-2H;1H2;;;/q+2;+1;;;3*-1. The van der Waals surface area contributed by atoms with Gasteiger partial charge in [-0.2, -0.15) is 0 Å². The van der Waals surface area contributed by atoms with Crippen LogP contribution in [0.15, 0.2) is 0 Å². The smallest absolute Gasteiger partial charge is 1.00 e. The molecule has 0 saturated carbocycles. The van der Waals surface area contributed by atoms with Gasteiger partial charge in [0, 0.05) is 0 Å². The Bertz CT molecular complexity index is 43.5. The van der Waals surface area contributed by atoms with Crippen LogP contribution in [0.2, 0.25) is 0 Å². The van der Waals surface area contributed by atoms with E-state index in [4.69, 9.17) is 14.1 Å². The normalized spacial score (nSPS) is 3.43. The van der Waals surface area contributed by atoms with Crippen LogP contribution in [0.25, 0.3) is 0 Å². The van der Waals surface area contributed by atoms with E-state index in [2.05, 4.69) is 0 Å². The molecular weight excluding hydrogens is 155 g/mol. The van der Waals surface area contributed by atoms with Crippen LogP contribution in [0.5, 0.6) is 0 Å². The molecule has 7 heavy (non-hydrogen) atoms. The van der Waals surface area contributed by atoms with Gasteiger partial charge in [0.15, 0.2) is 0 Å². The van der Waals surface area contributed by atoms with Gasteiger partial charge in [0.2, 0.25) is 0 Å². The summed E-state index contributed by atoms with van der Waals surface area (Å²) in [5.74, 6) is 0. The minimum absolute atomic E-state index is 0. The molecule has 4 nitrogen and oxygen atoms in total. The molecule has 0 aromatic heterocycles. The molecule has 0 heterocycles. The van der Waals surface area contributed by atoms with Gasteiger partial charge in [-0.25, -0.2) is 0 Å². The van der Waals surface area contributed by atoms with E-state index in [-0.39, 0.29) is 77.1 Å². The van der Waals surface area contributed by atoms with E-state index in [9.17, 15) is 0 Å². The molecule has 0 spiro atoms. The quantitative estimate of drug-likeness (QED) is 0.348. The van der Waals surface area contributed by atoms with Crippen molar-refractivity contribution in [1.29, 1.82) is 0 Å². The van der Waals surface area contributed by atoms with Crippen molar-refractivity contribution in [3.8, 4) is 0 Å². The molecule has 0 amide bonds. The van der Waals surface area contributed by atoms with Gasteiger partial charge in [-0.3, -0.25) is 4.46 Å². The Hall–Kier alpha value is 1.84. The second-order valence-corrected chi connectivity index (χ2v) is 0.848. The van der Waals surface area contributed by atoms with Gasteiger partial charge in [-0.15, -0.1) is 0 Å². The van der Waals surface area contributed by atoms with E-state index in [1.165, 1.54) is 0 Å². The molecule has 0 rings (SSSR count). The van der Waals surface area contributed by atoms with Crippen molar-refractivity contribution < 1.29 is 53.4 Å². The summed E-state index contributed by atoms with van der Waals surface area (Å²) in [7, 11) is -3.13. The molecule has 0 radical (unpaired) electrons. The van der Waals surface area contributed by atoms with Crippen molar-refractivity contribution in [3.63, 3.8) is 0 Å². The first-order valence-electron chi connectivity index (χ1n) is 0.651. The van der Waals surface area contributed by atoms with Crippen molar-refractivity contribution in [2.24, 2.45) is 0 Å². The molecule has 4 N–H and O–H groups in total. The van der Waals surface area contributed by atoms with Gasteiger partial charge in [-0.1, -0.05) is 0 Å². The molecule has 0 aromatic carbocycles. The molecule has 0 aliphatic heterocycles. The molecule has 0 atom stereocenters. The fourth-order valence-electron chi connectivity index (χ4n) is 0. The van der Waals surface area contributed by atoms with Crippen LogP contribution >= 0.6 is 0 Å². The predicted molar refractivity (Wildman–Crippen MR) is 23.6 cm³/mol. The molecule has 0 unspecified atom stereocenters. The summed E-state index contributed by atoms with van der Waals surface area (Å²) in [6, 6.07) is 0. The SMILES string of the molecule is O.O=[Si](O)O.[Ca+2].[H-].[H-].[H-].[Na+]. The fourth-order valence-corrected chi connectivity index (χ4v) is 0. The first kappa shape index (κ1) is 23.2. The van der Waals surface area contributed by atoms with E-state index in [1.807, 2.05) is 0 Å². The monoisotopic (exact) mass is 162 g/mol. The summed E-state index contributed by atoms with van der Waals surface area (Å²) >= 11 is 0. The van der Waals surface area contributed by atoms with Gasteiger partial charge in [0.05, 0.1) is 0 Å². The van der Waals surface area contributed by atoms with Crippen molar-refractivity contribution in [2.75, 3.05) is 0 Å². The number of rotatable bonds is 0. The van der Waals surface area contributed by atoms with E-state index in [1.54, 1.807) is 0 Å². The molecule has 0 fully saturated rings. The molecule has 38 valence electrons. The first-order chi connectivity index (χ1) is 1.73. The Labute approximate surface area is 98.9 Å². The molecule has 7 heteroatoms. The average Bonchev–Trinajstić information content (AvgIpc) is 0.811. The summed E-state index contributed by atoms with van der Waals surface area (Å²) in [4.78, 5) is 14.3. The van der Waals surface area contributed by atoms with Crippen LogP contribution in [-0.2, 0) is 4.46 Å². The van der Waals surface area contributed by atoms with Crippen LogP contribution in [0.1, 0.15) is 4.28 Å². The van der Waals surface area contributed by atoms with Gasteiger partial charge >= 0.3 is 76.5 Å². The molecule has 0 saturated heterocycles. The summed E-state index contributed by atoms with van der Waals surface area (Å²) in [6.45, 7) is 0. The zero-order chi connectivity index (χ0) is 3.58. The largest absolute Gasteiger partial charge is 2.00 e. The third-order valence-corrected chi connectivity index (χ3v) is 0. The maximum absolute atomic E-state index is 8.74. The predicted octanol–water partition coefficient (Wildman–Crippen LogP) is -5.48. The second kappa shape index (κ2) is 15.7. The van der Waals surface area contributed by atoms with E-state index < -0.39 is 9.17 Å². The maximum Gasteiger partial charge on any atom is 2.00 e. The van der Waals surface area contributed by atoms with Crippen molar-refractivity contribution >= 4 is 46.9 Å². The van der Waals surface area contributed by atoms with Crippen LogP contribution in [0.4, 0.5) is 0 Å². The van der Waals surface area contributed by atoms with Crippen LogP contribution in [0.3, 0.4) is 0 Å². The average molecular weight is 162 g/mol. The van der Waals surface area contributed by atoms with Crippen molar-refractivity contribution in [1.82, 2.24) is 0 Å². The molecule has 0 aliphatic rings. The minimum atomic E-state index is -3.13. The Morgan fingerprint density at radius 3 is 1.43 bits per heavy atom. The topological polar surface area (TPSA) is 89.0 Å². The van der Waals surface area contributed by atoms with Gasteiger partial charge < -0.3 is 19.3 Å². The zero-order valence-electron chi connectivity index (χ0n) is 7.01. The molecule has 0 bridgehead atoms. The molecular formula is H7CaNaO4Si. The summed E-state index contributed by atoms with van der Waals surface area (Å²) in [5, 5.41) is 0. The summed E-state index contributed by atoms with van der Waals surface area (Å²) in [6.07, 6.45) is 0. The molecule has 0 aliphatic carbocycles. The number of hydrogen-bond donors (Lipinski definition) is 2.